The second-order valence-electron chi connectivity index (χ2n) is 15.5. The Bertz CT molecular complexity index is 2320. The fourth-order valence-electron chi connectivity index (χ4n) is 7.28. The second-order valence-corrected chi connectivity index (χ2v) is 15.5. The Kier molecular flexibility index (Phi) is 15.7. The van der Waals surface area contributed by atoms with E-state index in [0.29, 0.717) is 5.56 Å². The van der Waals surface area contributed by atoms with Gasteiger partial charge in [0.1, 0.15) is 83.7 Å². The number of hydrogen-bond acceptors (Lipinski definition) is 22. The monoisotopic (exact) mass is 954 g/mol. The van der Waals surface area contributed by atoms with E-state index in [1.165, 1.54) is 37.3 Å². The maximum Gasteiger partial charge on any atom is 0.402 e. The summed E-state index contributed by atoms with van der Waals surface area (Å²) in [5.41, 5.74) is 0.157. The Morgan fingerprint density at radius 3 is 1.86 bits per heavy atom. The Morgan fingerprint density at radius 2 is 1.24 bits per heavy atom. The van der Waals surface area contributed by atoms with Gasteiger partial charge in [0, 0.05) is 30.3 Å². The molecule has 14 N–H and O–H groups in total. The van der Waals surface area contributed by atoms with Crippen LogP contribution in [0.3, 0.4) is 0 Å². The number of fused-ring (bicyclic) bond motifs is 1. The van der Waals surface area contributed by atoms with Crippen LogP contribution in [0.5, 0.6) is 40.2 Å². The summed E-state index contributed by atoms with van der Waals surface area (Å²) in [7, 11) is 0. The largest absolute Gasteiger partial charge is 1.00 e. The summed E-state index contributed by atoms with van der Waals surface area (Å²) >= 11 is 0. The first-order valence-corrected chi connectivity index (χ1v) is 19.9. The molecule has 0 radical (unpaired) electrons. The number of phenols is 5. The van der Waals surface area contributed by atoms with Crippen LogP contribution in [0.1, 0.15) is 12.5 Å². The van der Waals surface area contributed by atoms with Crippen LogP contribution in [0, 0.1) is 0 Å². The summed E-state index contributed by atoms with van der Waals surface area (Å²) in [5.74, 6) is -5.06. The van der Waals surface area contributed by atoms with E-state index in [-0.39, 0.29) is 46.2 Å². The van der Waals surface area contributed by atoms with Gasteiger partial charge in [-0.15, -0.1) is 0 Å². The first-order valence-electron chi connectivity index (χ1n) is 19.9. The highest BCUT2D eigenvalue weighted by atomic mass is 35.5. The average molecular weight is 955 g/mol. The Balaban J connectivity index is 0.00000720. The molecule has 15 atom stereocenters. The molecule has 0 aliphatic carbocycles. The summed E-state index contributed by atoms with van der Waals surface area (Å²) in [4.78, 5) is 12.6. The highest BCUT2D eigenvalue weighted by Gasteiger charge is 2.50. The van der Waals surface area contributed by atoms with Crippen LogP contribution in [0.15, 0.2) is 65.1 Å². The summed E-state index contributed by atoms with van der Waals surface area (Å²) in [6.45, 7) is -0.0677. The van der Waals surface area contributed by atoms with Crippen molar-refractivity contribution in [1.29, 1.82) is 0 Å². The highest BCUT2D eigenvalue weighted by molar-refractivity contribution is 5.89. The molecule has 4 aromatic rings. The quantitative estimate of drug-likeness (QED) is 0.0275. The number of aliphatic hydroxyl groups is 9. The number of benzene rings is 3. The van der Waals surface area contributed by atoms with Crippen LogP contribution >= 0.6 is 0 Å². The van der Waals surface area contributed by atoms with Gasteiger partial charge in [-0.2, -0.15) is 0 Å². The molecule has 0 unspecified atom stereocenters. The molecule has 0 amide bonds. The first kappa shape index (κ1) is 50.1. The Hall–Kier alpha value is -5.35. The van der Waals surface area contributed by atoms with Gasteiger partial charge in [0.2, 0.25) is 18.3 Å². The van der Waals surface area contributed by atoms with Crippen LogP contribution in [0.25, 0.3) is 28.4 Å². The lowest BCUT2D eigenvalue weighted by Crippen LogP contribution is -3.00. The van der Waals surface area contributed by atoms with E-state index in [1.807, 2.05) is 0 Å². The lowest BCUT2D eigenvalue weighted by molar-refractivity contribution is -0.319. The van der Waals surface area contributed by atoms with Gasteiger partial charge in [-0.25, -0.2) is 9.21 Å². The van der Waals surface area contributed by atoms with Crippen LogP contribution < -0.4 is 21.9 Å². The SMILES string of the molecule is C[C@@H]1O[C@@H](OC[C@H]2O[C@@H](Oc3cc4c(O[C@@H]5O[C@H](CO)[C@@H](O)[C@H](O)[C@H]5O)cc(O)cc4[o+]c3-c3cc(O)c(O)c(O)c3)[C@H](O)[C@@H](O)[C@@H]2O)[C@H](O)[C@H](O)[C@H]1OC(=O)/C=C/c1ccc(O)cc1.[Cl-]. The maximum absolute atomic E-state index is 12.6. The molecule has 3 aromatic carbocycles. The molecule has 3 aliphatic heterocycles. The zero-order valence-corrected chi connectivity index (χ0v) is 35.0. The van der Waals surface area contributed by atoms with Crippen LogP contribution in [0.2, 0.25) is 0 Å². The molecule has 360 valence electrons. The van der Waals surface area contributed by atoms with Gasteiger partial charge >= 0.3 is 17.3 Å². The normalized spacial score (nSPS) is 32.4. The van der Waals surface area contributed by atoms with Gasteiger partial charge in [-0.05, 0) is 30.7 Å². The van der Waals surface area contributed by atoms with Gasteiger partial charge in [-0.1, -0.05) is 12.1 Å². The van der Waals surface area contributed by atoms with E-state index < -0.39 is 140 Å². The zero-order chi connectivity index (χ0) is 47.0. The highest BCUT2D eigenvalue weighted by Crippen LogP contribution is 2.45. The van der Waals surface area contributed by atoms with Crippen molar-refractivity contribution in [3.63, 3.8) is 0 Å². The molecule has 3 saturated heterocycles. The molecule has 3 fully saturated rings. The standard InChI is InChI=1S/C42H46O23.ClH/c1-15-38(65-28(48)7-4-16-2-5-18(44)6-3-16)34(54)37(57)40(59-15)58-14-27-31(51)33(53)36(56)42(64-27)62-25-12-20-23(60-39(25)17-8-21(46)29(49)22(47)9-17)10-19(45)11-24(20)61-41-35(55)32(52)30(50)26(13-43)63-41;/h2-12,15,26-27,30-38,40-43,50-57H,13-14H2,1H3,(H4-,44,45,46,47,48,49);1H/t15-,26+,27+,30+,31+,32-,33-,34-,35+,36+,37+,38-,40+,41+,42+;/m0./s1. The van der Waals surface area contributed by atoms with Gasteiger partial charge in [0.05, 0.1) is 30.9 Å². The minimum Gasteiger partial charge on any atom is -1.00 e. The number of aromatic hydroxyl groups is 5. The van der Waals surface area contributed by atoms with Crippen LogP contribution in [-0.2, 0) is 28.5 Å². The summed E-state index contributed by atoms with van der Waals surface area (Å²) in [6, 6.07) is 11.1. The van der Waals surface area contributed by atoms with E-state index >= 15 is 0 Å². The molecular weight excluding hydrogens is 908 g/mol. The van der Waals surface area contributed by atoms with Crippen molar-refractivity contribution in [2.45, 2.75) is 99.0 Å². The van der Waals surface area contributed by atoms with Gasteiger partial charge in [-0.3, -0.25) is 0 Å². The molecule has 66 heavy (non-hydrogen) atoms. The molecule has 1 aromatic heterocycles. The number of ether oxygens (including phenoxy) is 7. The van der Waals surface area contributed by atoms with Crippen molar-refractivity contribution in [1.82, 2.24) is 0 Å². The van der Waals surface area contributed by atoms with Crippen molar-refractivity contribution in [3.05, 3.63) is 66.2 Å². The van der Waals surface area contributed by atoms with Crippen LogP contribution in [0.4, 0.5) is 0 Å². The summed E-state index contributed by atoms with van der Waals surface area (Å²) in [5, 5.41) is 146. The van der Waals surface area contributed by atoms with Crippen LogP contribution in [-0.4, -0.2) is 183 Å². The summed E-state index contributed by atoms with van der Waals surface area (Å²) < 4.78 is 45.8. The van der Waals surface area contributed by atoms with E-state index in [4.69, 9.17) is 37.6 Å². The number of hydrogen-bond donors (Lipinski definition) is 14. The average Bonchev–Trinajstić information content (AvgIpc) is 3.27. The number of rotatable bonds is 12. The molecule has 4 heterocycles. The van der Waals surface area contributed by atoms with Gasteiger partial charge in [0.25, 0.3) is 0 Å². The number of aliphatic hydroxyl groups excluding tert-OH is 9. The fourth-order valence-corrected chi connectivity index (χ4v) is 7.28. The third-order valence-corrected chi connectivity index (χ3v) is 10.9. The first-order chi connectivity index (χ1) is 30.8. The molecule has 7 rings (SSSR count). The third-order valence-electron chi connectivity index (χ3n) is 10.9. The van der Waals surface area contributed by atoms with Crippen molar-refractivity contribution in [2.75, 3.05) is 13.2 Å². The summed E-state index contributed by atoms with van der Waals surface area (Å²) in [6.07, 6.45) is -23.3. The van der Waals surface area contributed by atoms with E-state index in [9.17, 15) is 76.3 Å². The molecule has 23 nitrogen and oxygen atoms in total. The maximum atomic E-state index is 12.6. The number of carbonyl (C=O) groups is 1. The zero-order valence-electron chi connectivity index (χ0n) is 34.2. The van der Waals surface area contributed by atoms with Gasteiger partial charge < -0.3 is 117 Å². The molecule has 0 saturated carbocycles. The lowest BCUT2D eigenvalue weighted by atomic mass is 9.98. The molecular formula is C42H47ClO23. The van der Waals surface area contributed by atoms with Crippen molar-refractivity contribution >= 4 is 23.0 Å². The molecule has 3 aliphatic rings. The minimum atomic E-state index is -2.03. The number of esters is 1. The Morgan fingerprint density at radius 1 is 0.667 bits per heavy atom. The van der Waals surface area contributed by atoms with Crippen molar-refractivity contribution < 1.29 is 126 Å². The number of phenolic OH excluding ortho intramolecular Hbond substituents is 5. The minimum absolute atomic E-state index is 0. The van der Waals surface area contributed by atoms with Gasteiger partial charge in [0.15, 0.2) is 29.6 Å². The van der Waals surface area contributed by atoms with Crippen molar-refractivity contribution in [2.24, 2.45) is 0 Å². The predicted molar refractivity (Wildman–Crippen MR) is 214 cm³/mol. The fraction of sp³-hybridized carbons (Fsp3) is 0.429. The second kappa shape index (κ2) is 20.7. The topological polar surface area (TPSA) is 376 Å². The van der Waals surface area contributed by atoms with E-state index in [2.05, 4.69) is 0 Å². The lowest BCUT2D eigenvalue weighted by Gasteiger charge is -2.42. The predicted octanol–water partition coefficient (Wildman–Crippen LogP) is -4.61. The third kappa shape index (κ3) is 10.4. The number of halogens is 1. The van der Waals surface area contributed by atoms with E-state index in [0.717, 1.165) is 36.4 Å². The molecule has 24 heteroatoms. The van der Waals surface area contributed by atoms with E-state index in [1.54, 1.807) is 0 Å². The molecule has 0 bridgehead atoms. The van der Waals surface area contributed by atoms with Crippen molar-refractivity contribution in [3.8, 4) is 51.6 Å². The Labute approximate surface area is 378 Å². The molecule has 0 spiro atoms. The number of carbonyl (C=O) groups excluding carboxylic acids is 1. The smallest absolute Gasteiger partial charge is 0.402 e.